The molecule has 0 aliphatic carbocycles. The number of hydrogen-bond acceptors (Lipinski definition) is 3. The Morgan fingerprint density at radius 1 is 0.417 bits per heavy atom. The molecule has 0 unspecified atom stereocenters. The Balaban J connectivity index is 1.38. The largest absolute Gasteiger partial charge is 0.293 e. The van der Waals surface area contributed by atoms with Crippen LogP contribution in [0, 0.1) is 0 Å². The molecule has 4 heterocycles. The molecule has 0 saturated heterocycles. The second kappa shape index (κ2) is 9.47. The molecule has 0 aliphatic heterocycles. The lowest BCUT2D eigenvalue weighted by Gasteiger charge is -2.14. The van der Waals surface area contributed by atoms with Crippen molar-refractivity contribution in [1.29, 1.82) is 0 Å². The molecule has 0 aliphatic rings. The Labute approximate surface area is 274 Å². The van der Waals surface area contributed by atoms with Gasteiger partial charge in [-0.05, 0) is 41.1 Å². The van der Waals surface area contributed by atoms with Crippen molar-refractivity contribution in [2.75, 3.05) is 0 Å². The quantitative estimate of drug-likeness (QED) is 0.187. The fourth-order valence-electron chi connectivity index (χ4n) is 7.81. The molecule has 0 amide bonds. The van der Waals surface area contributed by atoms with E-state index >= 15 is 0 Å². The van der Waals surface area contributed by atoms with E-state index in [0.29, 0.717) is 5.82 Å². The molecule has 5 heteroatoms. The van der Waals surface area contributed by atoms with E-state index in [2.05, 4.69) is 142 Å². The Hall–Kier alpha value is -6.59. The van der Waals surface area contributed by atoms with Gasteiger partial charge in [0.2, 0.25) is 0 Å². The number of rotatable bonds is 3. The Bertz CT molecular complexity index is 3050. The predicted molar refractivity (Wildman–Crippen MR) is 197 cm³/mol. The average Bonchev–Trinajstić information content (AvgIpc) is 3.67. The van der Waals surface area contributed by atoms with Gasteiger partial charge in [0.15, 0.2) is 5.82 Å². The molecular formula is C43H25N5. The second-order valence-electron chi connectivity index (χ2n) is 12.4. The minimum absolute atomic E-state index is 0.704. The first kappa shape index (κ1) is 25.6. The van der Waals surface area contributed by atoms with Crippen LogP contribution >= 0.6 is 0 Å². The summed E-state index contributed by atoms with van der Waals surface area (Å²) in [5, 5.41) is 8.04. The van der Waals surface area contributed by atoms with E-state index in [1.807, 2.05) is 18.2 Å². The number of imidazole rings is 1. The lowest BCUT2D eigenvalue weighted by Crippen LogP contribution is -2.03. The minimum Gasteiger partial charge on any atom is -0.293 e. The lowest BCUT2D eigenvalue weighted by atomic mass is 10.1. The summed E-state index contributed by atoms with van der Waals surface area (Å²) in [7, 11) is 0. The normalized spacial score (nSPS) is 12.2. The molecule has 222 valence electrons. The summed E-state index contributed by atoms with van der Waals surface area (Å²) in [5.41, 5.74) is 8.41. The van der Waals surface area contributed by atoms with E-state index in [1.54, 1.807) is 0 Å². The Morgan fingerprint density at radius 3 is 1.96 bits per heavy atom. The Kier molecular flexibility index (Phi) is 5.05. The van der Waals surface area contributed by atoms with Crippen molar-refractivity contribution in [3.8, 4) is 28.6 Å². The smallest absolute Gasteiger partial charge is 0.162 e. The van der Waals surface area contributed by atoms with Gasteiger partial charge >= 0.3 is 0 Å². The van der Waals surface area contributed by atoms with E-state index in [0.717, 1.165) is 72.0 Å². The van der Waals surface area contributed by atoms with E-state index in [1.165, 1.54) is 21.5 Å². The standard InChI is InChI=1S/C43H25N5/c1-3-13-27(14-4-1)41-45-39-29-17-8-7-12-26(29)22-23-32(39)43(46-41)47-35-21-11-19-31-30-18-9-10-20-34(30)48-40-33(24-25-36(47)38(40)37(31)35)44-42(48)28-15-5-2-6-16-28/h1-25H. The fraction of sp³-hybridized carbons (Fsp3) is 0. The van der Waals surface area contributed by atoms with Gasteiger partial charge in [-0.15, -0.1) is 0 Å². The SMILES string of the molecule is c1ccc(-c2nc(-n3c4cccc5c6ccccc6n6c(-c7ccccc7)nc7ccc3c(c54)c76)c3ccc4ccccc4c3n2)cc1. The summed E-state index contributed by atoms with van der Waals surface area (Å²) in [6.45, 7) is 0. The van der Waals surface area contributed by atoms with Crippen molar-refractivity contribution >= 4 is 70.8 Å². The minimum atomic E-state index is 0.704. The molecule has 11 rings (SSSR count). The highest BCUT2D eigenvalue weighted by Crippen LogP contribution is 2.44. The van der Waals surface area contributed by atoms with Crippen molar-refractivity contribution in [3.63, 3.8) is 0 Å². The van der Waals surface area contributed by atoms with Crippen LogP contribution in [0.5, 0.6) is 0 Å². The third kappa shape index (κ3) is 3.37. The van der Waals surface area contributed by atoms with Gasteiger partial charge in [-0.2, -0.15) is 0 Å². The summed E-state index contributed by atoms with van der Waals surface area (Å²) in [4.78, 5) is 15.9. The molecule has 4 aromatic heterocycles. The van der Waals surface area contributed by atoms with Gasteiger partial charge in [0.05, 0.1) is 33.1 Å². The third-order valence-electron chi connectivity index (χ3n) is 9.85. The molecule has 0 saturated carbocycles. The summed E-state index contributed by atoms with van der Waals surface area (Å²) < 4.78 is 4.72. The number of para-hydroxylation sites is 1. The van der Waals surface area contributed by atoms with E-state index in [-0.39, 0.29) is 0 Å². The Morgan fingerprint density at radius 2 is 1.10 bits per heavy atom. The van der Waals surface area contributed by atoms with Crippen LogP contribution in [0.15, 0.2) is 152 Å². The zero-order valence-corrected chi connectivity index (χ0v) is 25.7. The number of benzene rings is 7. The summed E-state index contributed by atoms with van der Waals surface area (Å²) in [6.07, 6.45) is 0. The van der Waals surface area contributed by atoms with Crippen molar-refractivity contribution in [3.05, 3.63) is 152 Å². The van der Waals surface area contributed by atoms with Gasteiger partial charge in [0.1, 0.15) is 11.6 Å². The van der Waals surface area contributed by atoms with E-state index in [9.17, 15) is 0 Å². The van der Waals surface area contributed by atoms with Gasteiger partial charge in [-0.3, -0.25) is 8.97 Å². The zero-order valence-electron chi connectivity index (χ0n) is 25.7. The van der Waals surface area contributed by atoms with Crippen molar-refractivity contribution in [1.82, 2.24) is 23.9 Å². The van der Waals surface area contributed by atoms with Crippen molar-refractivity contribution < 1.29 is 0 Å². The maximum atomic E-state index is 5.40. The summed E-state index contributed by atoms with van der Waals surface area (Å²) in [6, 6.07) is 53.4. The molecule has 0 spiro atoms. The number of hydrogen-bond donors (Lipinski definition) is 0. The summed E-state index contributed by atoms with van der Waals surface area (Å²) >= 11 is 0. The fourth-order valence-corrected chi connectivity index (χ4v) is 7.81. The monoisotopic (exact) mass is 611 g/mol. The van der Waals surface area contributed by atoms with Crippen molar-refractivity contribution in [2.45, 2.75) is 0 Å². The topological polar surface area (TPSA) is 48.0 Å². The number of aromatic nitrogens is 5. The number of nitrogens with zero attached hydrogens (tertiary/aromatic N) is 5. The molecule has 0 bridgehead atoms. The van der Waals surface area contributed by atoms with Crippen LogP contribution in [0.1, 0.15) is 0 Å². The molecule has 5 nitrogen and oxygen atoms in total. The van der Waals surface area contributed by atoms with Crippen LogP contribution in [-0.2, 0) is 0 Å². The van der Waals surface area contributed by atoms with Crippen LogP contribution < -0.4 is 0 Å². The van der Waals surface area contributed by atoms with Crippen LogP contribution in [-0.4, -0.2) is 23.9 Å². The molecule has 0 radical (unpaired) electrons. The lowest BCUT2D eigenvalue weighted by molar-refractivity contribution is 1.08. The van der Waals surface area contributed by atoms with Gasteiger partial charge < -0.3 is 0 Å². The first-order valence-electron chi connectivity index (χ1n) is 16.2. The third-order valence-corrected chi connectivity index (χ3v) is 9.85. The van der Waals surface area contributed by atoms with E-state index < -0.39 is 0 Å². The molecular weight excluding hydrogens is 587 g/mol. The van der Waals surface area contributed by atoms with E-state index in [4.69, 9.17) is 15.0 Å². The van der Waals surface area contributed by atoms with Gasteiger partial charge in [-0.25, -0.2) is 15.0 Å². The van der Waals surface area contributed by atoms with Crippen LogP contribution in [0.25, 0.3) is 99.4 Å². The van der Waals surface area contributed by atoms with Crippen LogP contribution in [0.3, 0.4) is 0 Å². The van der Waals surface area contributed by atoms with Gasteiger partial charge in [-0.1, -0.05) is 121 Å². The highest BCUT2D eigenvalue weighted by Gasteiger charge is 2.25. The second-order valence-corrected chi connectivity index (χ2v) is 12.4. The van der Waals surface area contributed by atoms with Crippen molar-refractivity contribution in [2.24, 2.45) is 0 Å². The molecule has 7 aromatic carbocycles. The molecule has 0 fully saturated rings. The van der Waals surface area contributed by atoms with Gasteiger partial charge in [0.25, 0.3) is 0 Å². The molecule has 0 atom stereocenters. The van der Waals surface area contributed by atoms with Crippen LogP contribution in [0.2, 0.25) is 0 Å². The first-order chi connectivity index (χ1) is 23.8. The summed E-state index contributed by atoms with van der Waals surface area (Å²) in [5.74, 6) is 2.50. The molecule has 0 N–H and O–H groups in total. The highest BCUT2D eigenvalue weighted by atomic mass is 15.1. The average molecular weight is 612 g/mol. The van der Waals surface area contributed by atoms with Gasteiger partial charge in [0, 0.05) is 38.1 Å². The predicted octanol–water partition coefficient (Wildman–Crippen LogP) is 10.6. The number of fused-ring (bicyclic) bond motifs is 6. The zero-order chi connectivity index (χ0) is 31.3. The molecule has 11 aromatic rings. The maximum absolute atomic E-state index is 5.40. The highest BCUT2D eigenvalue weighted by molar-refractivity contribution is 6.30. The maximum Gasteiger partial charge on any atom is 0.162 e. The molecule has 48 heavy (non-hydrogen) atoms. The first-order valence-corrected chi connectivity index (χ1v) is 16.2. The van der Waals surface area contributed by atoms with Crippen LogP contribution in [0.4, 0.5) is 0 Å².